The number of carboxylic acid groups (broad SMARTS) is 1. The molecule has 0 aliphatic carbocycles. The quantitative estimate of drug-likeness (QED) is 0.197. The van der Waals surface area contributed by atoms with Gasteiger partial charge in [0.05, 0.1) is 7.11 Å². The van der Waals surface area contributed by atoms with Crippen LogP contribution in [0.25, 0.3) is 11.6 Å². The summed E-state index contributed by atoms with van der Waals surface area (Å²) >= 11 is 0. The minimum absolute atomic E-state index is 0. The molecule has 0 aliphatic heterocycles. The number of halogens is 2. The van der Waals surface area contributed by atoms with Crippen LogP contribution in [0.15, 0.2) is 61.2 Å². The van der Waals surface area contributed by atoms with Crippen molar-refractivity contribution in [3.8, 4) is 0 Å². The number of hydrogen-bond acceptors (Lipinski definition) is 11. The zero-order valence-corrected chi connectivity index (χ0v) is 26.0. The van der Waals surface area contributed by atoms with Crippen LogP contribution in [-0.4, -0.2) is 75.1 Å². The van der Waals surface area contributed by atoms with Crippen LogP contribution in [0.3, 0.4) is 0 Å². The molecular formula is C32H30F2N10O6. The van der Waals surface area contributed by atoms with Crippen LogP contribution < -0.4 is 10.6 Å². The summed E-state index contributed by atoms with van der Waals surface area (Å²) < 4.78 is 33.4. The molecule has 50 heavy (non-hydrogen) atoms. The summed E-state index contributed by atoms with van der Waals surface area (Å²) in [6.07, 6.45) is 2.37. The molecule has 0 bridgehead atoms. The van der Waals surface area contributed by atoms with Crippen molar-refractivity contribution < 1.29 is 37.8 Å². The van der Waals surface area contributed by atoms with Gasteiger partial charge in [0.25, 0.3) is 23.4 Å². The Morgan fingerprint density at radius 3 is 1.60 bits per heavy atom. The summed E-state index contributed by atoms with van der Waals surface area (Å²) in [6, 6.07) is 11.5. The summed E-state index contributed by atoms with van der Waals surface area (Å²) in [7, 11) is 1.22. The molecule has 4 aromatic heterocycles. The molecule has 0 atom stereocenters. The topological polar surface area (TPSA) is 208 Å². The fourth-order valence-electron chi connectivity index (χ4n) is 4.44. The molecule has 0 spiro atoms. The van der Waals surface area contributed by atoms with Crippen LogP contribution in [-0.2, 0) is 17.8 Å². The predicted molar refractivity (Wildman–Crippen MR) is 171 cm³/mol. The van der Waals surface area contributed by atoms with E-state index in [9.17, 15) is 33.1 Å². The standard InChI is InChI=1S/C16H14FN5O3.C15H12FN5O3.CH4/c1-9-5-10(3-4-11(9)17)7-18-14(23)12-6-13(15(24)25-2)22-16(21-12)19-8-20-22;1-8-4-9(2-3-10(8)16)6-17-13(22)11-5-12(14(23)24)21-15(20-11)18-7-19-21;/h3-6,8H,7H2,1-2H3,(H,18,23);2-5,7H,6H2,1H3,(H,17,22)(H,23,24);1H4. The molecule has 2 aromatic carbocycles. The molecule has 0 saturated carbocycles. The average molecular weight is 689 g/mol. The van der Waals surface area contributed by atoms with Gasteiger partial charge in [0.15, 0.2) is 11.4 Å². The maximum Gasteiger partial charge on any atom is 0.356 e. The highest BCUT2D eigenvalue weighted by molar-refractivity contribution is 5.96. The summed E-state index contributed by atoms with van der Waals surface area (Å²) in [5.41, 5.74) is 2.13. The number of aryl methyl sites for hydroxylation is 2. The van der Waals surface area contributed by atoms with Gasteiger partial charge in [-0.25, -0.2) is 28.3 Å². The Bertz CT molecular complexity index is 2240. The SMILES string of the molecule is C.COC(=O)c1cc(C(=O)NCc2ccc(F)c(C)c2)nc2ncnn12.Cc1cc(CNC(=O)c2cc(C(=O)O)n3ncnc3n2)ccc1F. The van der Waals surface area contributed by atoms with E-state index in [0.717, 1.165) is 22.5 Å². The number of benzene rings is 2. The van der Waals surface area contributed by atoms with Crippen LogP contribution >= 0.6 is 0 Å². The van der Waals surface area contributed by atoms with Gasteiger partial charge in [0, 0.05) is 25.2 Å². The Balaban J connectivity index is 0.000000220. The Morgan fingerprint density at radius 1 is 0.740 bits per heavy atom. The number of esters is 1. The van der Waals surface area contributed by atoms with Gasteiger partial charge in [0.2, 0.25) is 0 Å². The second-order valence-corrected chi connectivity index (χ2v) is 10.3. The smallest absolute Gasteiger partial charge is 0.356 e. The van der Waals surface area contributed by atoms with E-state index < -0.39 is 23.8 Å². The highest BCUT2D eigenvalue weighted by Gasteiger charge is 2.19. The summed E-state index contributed by atoms with van der Waals surface area (Å²) in [5.74, 6) is -3.50. The molecule has 0 aliphatic rings. The lowest BCUT2D eigenvalue weighted by molar-refractivity contribution is 0.0589. The molecule has 0 unspecified atom stereocenters. The molecule has 18 heteroatoms. The highest BCUT2D eigenvalue weighted by Crippen LogP contribution is 2.12. The van der Waals surface area contributed by atoms with E-state index in [2.05, 4.69) is 45.5 Å². The lowest BCUT2D eigenvalue weighted by Gasteiger charge is -2.08. The Kier molecular flexibility index (Phi) is 11.2. The summed E-state index contributed by atoms with van der Waals surface area (Å²) in [6.45, 7) is 3.61. The number of ether oxygens (including phenoxy) is 1. The van der Waals surface area contributed by atoms with Crippen LogP contribution in [0.1, 0.15) is 71.6 Å². The Hall–Kier alpha value is -6.72. The highest BCUT2D eigenvalue weighted by atomic mass is 19.1. The van der Waals surface area contributed by atoms with Gasteiger partial charge in [-0.3, -0.25) is 9.59 Å². The van der Waals surface area contributed by atoms with Gasteiger partial charge in [0.1, 0.15) is 35.7 Å². The Labute approximate surface area is 282 Å². The Morgan fingerprint density at radius 2 is 1.18 bits per heavy atom. The van der Waals surface area contributed by atoms with E-state index in [0.29, 0.717) is 16.7 Å². The molecule has 6 aromatic rings. The molecule has 0 fully saturated rings. The average Bonchev–Trinajstić information content (AvgIpc) is 3.78. The zero-order valence-electron chi connectivity index (χ0n) is 26.0. The minimum atomic E-state index is -1.25. The number of aromatic nitrogens is 8. The minimum Gasteiger partial charge on any atom is -0.477 e. The summed E-state index contributed by atoms with van der Waals surface area (Å²) in [4.78, 5) is 63.4. The van der Waals surface area contributed by atoms with Crippen molar-refractivity contribution in [1.82, 2.24) is 49.8 Å². The van der Waals surface area contributed by atoms with Crippen LogP contribution in [0.4, 0.5) is 8.78 Å². The number of carbonyl (C=O) groups is 4. The number of methoxy groups -OCH3 is 1. The van der Waals surface area contributed by atoms with E-state index >= 15 is 0 Å². The van der Waals surface area contributed by atoms with Crippen molar-refractivity contribution in [3.05, 3.63) is 118 Å². The molecule has 2 amide bonds. The largest absolute Gasteiger partial charge is 0.477 e. The lowest BCUT2D eigenvalue weighted by atomic mass is 10.1. The fraction of sp³-hybridized carbons (Fsp3) is 0.188. The molecule has 0 radical (unpaired) electrons. The molecule has 16 nitrogen and oxygen atoms in total. The first-order valence-corrected chi connectivity index (χ1v) is 14.2. The number of carbonyl (C=O) groups excluding carboxylic acids is 3. The molecule has 4 heterocycles. The van der Waals surface area contributed by atoms with Crippen molar-refractivity contribution in [2.24, 2.45) is 0 Å². The summed E-state index contributed by atoms with van der Waals surface area (Å²) in [5, 5.41) is 22.1. The van der Waals surface area contributed by atoms with Crippen molar-refractivity contribution in [2.45, 2.75) is 34.4 Å². The van der Waals surface area contributed by atoms with E-state index in [1.165, 1.54) is 36.2 Å². The van der Waals surface area contributed by atoms with Crippen molar-refractivity contribution in [2.75, 3.05) is 7.11 Å². The second-order valence-electron chi connectivity index (χ2n) is 10.3. The van der Waals surface area contributed by atoms with Crippen molar-refractivity contribution in [3.63, 3.8) is 0 Å². The number of hydrogen-bond donors (Lipinski definition) is 3. The van der Waals surface area contributed by atoms with Crippen LogP contribution in [0, 0.1) is 25.5 Å². The third-order valence-corrected chi connectivity index (χ3v) is 6.93. The molecule has 0 saturated heterocycles. The maximum absolute atomic E-state index is 13.3. The first-order valence-electron chi connectivity index (χ1n) is 14.2. The first-order chi connectivity index (χ1) is 23.4. The lowest BCUT2D eigenvalue weighted by Crippen LogP contribution is -2.25. The first kappa shape index (κ1) is 36.1. The number of nitrogens with zero attached hydrogens (tertiary/aromatic N) is 8. The second kappa shape index (κ2) is 15.5. The van der Waals surface area contributed by atoms with Gasteiger partial charge >= 0.3 is 11.9 Å². The molecule has 3 N–H and O–H groups in total. The number of aromatic carboxylic acids is 1. The van der Waals surface area contributed by atoms with E-state index in [1.807, 2.05) is 0 Å². The van der Waals surface area contributed by atoms with Crippen molar-refractivity contribution >= 4 is 35.3 Å². The van der Waals surface area contributed by atoms with Gasteiger partial charge in [-0.15, -0.1) is 0 Å². The van der Waals surface area contributed by atoms with Gasteiger partial charge in [-0.1, -0.05) is 31.7 Å². The normalized spacial score (nSPS) is 10.5. The maximum atomic E-state index is 13.3. The fourth-order valence-corrected chi connectivity index (χ4v) is 4.44. The van der Waals surface area contributed by atoms with E-state index in [1.54, 1.807) is 38.1 Å². The van der Waals surface area contributed by atoms with Gasteiger partial charge in [-0.05, 0) is 48.2 Å². The van der Waals surface area contributed by atoms with Gasteiger partial charge < -0.3 is 20.5 Å². The molecular weight excluding hydrogens is 658 g/mol. The van der Waals surface area contributed by atoms with E-state index in [-0.39, 0.29) is 66.5 Å². The number of rotatable bonds is 8. The monoisotopic (exact) mass is 688 g/mol. The predicted octanol–water partition coefficient (Wildman–Crippen LogP) is 3.12. The number of nitrogens with one attached hydrogen (secondary N) is 2. The van der Waals surface area contributed by atoms with Crippen LogP contribution in [0.5, 0.6) is 0 Å². The number of amides is 2. The van der Waals surface area contributed by atoms with Crippen LogP contribution in [0.2, 0.25) is 0 Å². The molecule has 258 valence electrons. The van der Waals surface area contributed by atoms with E-state index in [4.69, 9.17) is 0 Å². The third-order valence-electron chi connectivity index (χ3n) is 6.93. The van der Waals surface area contributed by atoms with Crippen molar-refractivity contribution in [1.29, 1.82) is 0 Å². The zero-order chi connectivity index (χ0) is 35.2. The number of fused-ring (bicyclic) bond motifs is 2. The van der Waals surface area contributed by atoms with Gasteiger partial charge in [-0.2, -0.15) is 29.2 Å². The molecule has 6 rings (SSSR count). The number of carboxylic acids is 1. The third kappa shape index (κ3) is 8.04.